The number of hydrogen-bond acceptors (Lipinski definition) is 7. The Morgan fingerprint density at radius 2 is 1.85 bits per heavy atom. The molecule has 0 bridgehead atoms. The van der Waals surface area contributed by atoms with Crippen LogP contribution in [0.25, 0.3) is 22.7 Å². The third-order valence-electron chi connectivity index (χ3n) is 5.77. The molecule has 4 aromatic rings. The molecule has 2 aromatic carbocycles. The number of carbonyl (C=O) groups is 1. The molecule has 2 heterocycles. The van der Waals surface area contributed by atoms with Crippen LogP contribution >= 0.6 is 11.6 Å². The molecule has 0 radical (unpaired) electrons. The number of ether oxygens (including phenoxy) is 2. The molecule has 0 N–H and O–H groups in total. The zero-order valence-corrected chi connectivity index (χ0v) is 19.0. The SMILES string of the molecule is Cc1cc(-c2nc3cnc(Cl)nc3o2)cc(C)c1OC1CC(C(=O)OCc2ccccc2)C1. The second-order valence-electron chi connectivity index (χ2n) is 8.29. The molecule has 0 spiro atoms. The summed E-state index contributed by atoms with van der Waals surface area (Å²) >= 11 is 5.83. The summed E-state index contributed by atoms with van der Waals surface area (Å²) in [6.45, 7) is 4.26. The van der Waals surface area contributed by atoms with Gasteiger partial charge in [-0.15, -0.1) is 0 Å². The number of carbonyl (C=O) groups excluding carboxylic acids is 1. The predicted molar refractivity (Wildman–Crippen MR) is 123 cm³/mol. The molecule has 33 heavy (non-hydrogen) atoms. The smallest absolute Gasteiger partial charge is 0.309 e. The summed E-state index contributed by atoms with van der Waals surface area (Å²) in [5, 5.41) is 0.115. The zero-order chi connectivity index (χ0) is 22.9. The molecular formula is C25H22ClN3O4. The van der Waals surface area contributed by atoms with Crippen LogP contribution in [0.3, 0.4) is 0 Å². The van der Waals surface area contributed by atoms with Crippen LogP contribution in [0.5, 0.6) is 5.75 Å². The third-order valence-corrected chi connectivity index (χ3v) is 5.95. The molecule has 1 aliphatic carbocycles. The van der Waals surface area contributed by atoms with Crippen LogP contribution in [0.2, 0.25) is 5.28 Å². The standard InChI is InChI=1S/C25H22ClN3O4/c1-14-8-17(22-28-20-12-27-25(26)29-23(20)33-22)9-15(2)21(14)32-19-10-18(11-19)24(30)31-13-16-6-4-3-5-7-16/h3-9,12,18-19H,10-11,13H2,1-2H3. The van der Waals surface area contributed by atoms with Crippen molar-refractivity contribution in [2.24, 2.45) is 5.92 Å². The van der Waals surface area contributed by atoms with Crippen LogP contribution in [0.4, 0.5) is 0 Å². The van der Waals surface area contributed by atoms with Crippen molar-refractivity contribution >= 4 is 28.8 Å². The van der Waals surface area contributed by atoms with Gasteiger partial charge in [-0.1, -0.05) is 30.3 Å². The highest BCUT2D eigenvalue weighted by Crippen LogP contribution is 2.37. The van der Waals surface area contributed by atoms with Gasteiger partial charge in [0.25, 0.3) is 5.71 Å². The van der Waals surface area contributed by atoms with Gasteiger partial charge >= 0.3 is 5.97 Å². The molecule has 0 unspecified atom stereocenters. The van der Waals surface area contributed by atoms with Gasteiger partial charge in [-0.25, -0.2) is 9.97 Å². The zero-order valence-electron chi connectivity index (χ0n) is 18.2. The van der Waals surface area contributed by atoms with Gasteiger partial charge in [0.2, 0.25) is 11.2 Å². The van der Waals surface area contributed by atoms with Crippen molar-refractivity contribution in [2.45, 2.75) is 39.4 Å². The highest BCUT2D eigenvalue weighted by molar-refractivity contribution is 6.28. The molecule has 8 heteroatoms. The first-order chi connectivity index (χ1) is 16.0. The average Bonchev–Trinajstić information content (AvgIpc) is 3.19. The molecule has 2 aromatic heterocycles. The molecule has 168 valence electrons. The second kappa shape index (κ2) is 8.83. The first-order valence-corrected chi connectivity index (χ1v) is 11.1. The molecule has 5 rings (SSSR count). The first kappa shape index (κ1) is 21.4. The van der Waals surface area contributed by atoms with E-state index < -0.39 is 0 Å². The Morgan fingerprint density at radius 3 is 2.58 bits per heavy atom. The monoisotopic (exact) mass is 463 g/mol. The van der Waals surface area contributed by atoms with E-state index >= 15 is 0 Å². The van der Waals surface area contributed by atoms with E-state index in [9.17, 15) is 4.79 Å². The van der Waals surface area contributed by atoms with Crippen LogP contribution < -0.4 is 4.74 Å². The Labute approximate surface area is 195 Å². The fourth-order valence-corrected chi connectivity index (χ4v) is 4.09. The maximum absolute atomic E-state index is 12.3. The lowest BCUT2D eigenvalue weighted by atomic mass is 9.82. The molecule has 0 saturated heterocycles. The summed E-state index contributed by atoms with van der Waals surface area (Å²) < 4.78 is 17.4. The average molecular weight is 464 g/mol. The van der Waals surface area contributed by atoms with E-state index in [0.717, 1.165) is 28.0 Å². The van der Waals surface area contributed by atoms with Crippen LogP contribution in [-0.2, 0) is 16.1 Å². The predicted octanol–water partition coefficient (Wildman–Crippen LogP) is 5.46. The minimum atomic E-state index is -0.165. The maximum atomic E-state index is 12.3. The van der Waals surface area contributed by atoms with Gasteiger partial charge in [0.1, 0.15) is 24.0 Å². The van der Waals surface area contributed by atoms with E-state index in [2.05, 4.69) is 15.0 Å². The topological polar surface area (TPSA) is 87.3 Å². The lowest BCUT2D eigenvalue weighted by molar-refractivity contribution is -0.156. The van der Waals surface area contributed by atoms with Crippen molar-refractivity contribution in [3.05, 3.63) is 70.6 Å². The summed E-state index contributed by atoms with van der Waals surface area (Å²) in [5.74, 6) is 0.982. The van der Waals surface area contributed by atoms with Gasteiger partial charge in [0, 0.05) is 5.56 Å². The van der Waals surface area contributed by atoms with E-state index in [4.69, 9.17) is 25.5 Å². The minimum absolute atomic E-state index is 0.00994. The fourth-order valence-electron chi connectivity index (χ4n) is 3.97. The van der Waals surface area contributed by atoms with Crippen molar-refractivity contribution < 1.29 is 18.7 Å². The second-order valence-corrected chi connectivity index (χ2v) is 8.63. The molecule has 7 nitrogen and oxygen atoms in total. The highest BCUT2D eigenvalue weighted by Gasteiger charge is 2.37. The Balaban J connectivity index is 1.21. The van der Waals surface area contributed by atoms with Crippen molar-refractivity contribution in [3.8, 4) is 17.2 Å². The van der Waals surface area contributed by atoms with Gasteiger partial charge in [-0.2, -0.15) is 4.98 Å². The Morgan fingerprint density at radius 1 is 1.12 bits per heavy atom. The molecule has 0 amide bonds. The van der Waals surface area contributed by atoms with Crippen molar-refractivity contribution in [2.75, 3.05) is 0 Å². The first-order valence-electron chi connectivity index (χ1n) is 10.7. The molecule has 1 saturated carbocycles. The molecular weight excluding hydrogens is 442 g/mol. The van der Waals surface area contributed by atoms with Crippen molar-refractivity contribution in [3.63, 3.8) is 0 Å². The van der Waals surface area contributed by atoms with Crippen LogP contribution in [0.1, 0.15) is 29.5 Å². The van der Waals surface area contributed by atoms with Crippen molar-refractivity contribution in [1.82, 2.24) is 15.0 Å². The molecule has 1 aliphatic rings. The lowest BCUT2D eigenvalue weighted by Crippen LogP contribution is -2.39. The Hall–Kier alpha value is -3.45. The van der Waals surface area contributed by atoms with Crippen LogP contribution in [0, 0.1) is 19.8 Å². The maximum Gasteiger partial charge on any atom is 0.309 e. The van der Waals surface area contributed by atoms with Gasteiger partial charge in [-0.05, 0) is 67.1 Å². The molecule has 1 fully saturated rings. The Bertz CT molecular complexity index is 1290. The number of halogens is 1. The number of oxazole rings is 1. The summed E-state index contributed by atoms with van der Waals surface area (Å²) in [5.41, 5.74) is 4.63. The van der Waals surface area contributed by atoms with E-state index in [-0.39, 0.29) is 23.3 Å². The minimum Gasteiger partial charge on any atom is -0.490 e. The largest absolute Gasteiger partial charge is 0.490 e. The Kier molecular flexibility index (Phi) is 5.72. The normalized spacial score (nSPS) is 17.5. The van der Waals surface area contributed by atoms with Crippen LogP contribution in [0.15, 0.2) is 53.1 Å². The summed E-state index contributed by atoms with van der Waals surface area (Å²) in [7, 11) is 0. The van der Waals surface area contributed by atoms with E-state index in [1.54, 1.807) is 0 Å². The quantitative estimate of drug-likeness (QED) is 0.277. The number of benzene rings is 2. The van der Waals surface area contributed by atoms with E-state index in [1.807, 2.05) is 56.3 Å². The number of rotatable bonds is 6. The number of aryl methyl sites for hydroxylation is 2. The highest BCUT2D eigenvalue weighted by atomic mass is 35.5. The van der Waals surface area contributed by atoms with Crippen molar-refractivity contribution in [1.29, 1.82) is 0 Å². The number of hydrogen-bond donors (Lipinski definition) is 0. The van der Waals surface area contributed by atoms with E-state index in [0.29, 0.717) is 36.6 Å². The third kappa shape index (κ3) is 4.54. The molecule has 0 aliphatic heterocycles. The number of fused-ring (bicyclic) bond motifs is 1. The van der Waals surface area contributed by atoms with Gasteiger partial charge < -0.3 is 13.9 Å². The van der Waals surface area contributed by atoms with E-state index in [1.165, 1.54) is 6.20 Å². The summed E-state index contributed by atoms with van der Waals surface area (Å²) in [4.78, 5) is 24.8. The number of aromatic nitrogens is 3. The number of nitrogens with zero attached hydrogens (tertiary/aromatic N) is 3. The molecule has 0 atom stereocenters. The van der Waals surface area contributed by atoms with Gasteiger partial charge in [-0.3, -0.25) is 4.79 Å². The van der Waals surface area contributed by atoms with Gasteiger partial charge in [0.05, 0.1) is 12.1 Å². The van der Waals surface area contributed by atoms with Gasteiger partial charge in [0.15, 0.2) is 0 Å². The lowest BCUT2D eigenvalue weighted by Gasteiger charge is -2.34. The van der Waals surface area contributed by atoms with Crippen LogP contribution in [-0.4, -0.2) is 27.0 Å². The summed E-state index contributed by atoms with van der Waals surface area (Å²) in [6, 6.07) is 13.6. The fraction of sp³-hybridized carbons (Fsp3) is 0.280. The number of esters is 1. The summed E-state index contributed by atoms with van der Waals surface area (Å²) in [6.07, 6.45) is 2.83.